The van der Waals surface area contributed by atoms with E-state index in [4.69, 9.17) is 10.00 Å². The lowest BCUT2D eigenvalue weighted by atomic mass is 10.0. The molecule has 0 amide bonds. The third-order valence-electron chi connectivity index (χ3n) is 3.29. The summed E-state index contributed by atoms with van der Waals surface area (Å²) < 4.78 is 5.62. The van der Waals surface area contributed by atoms with E-state index in [2.05, 4.69) is 5.32 Å². The standard InChI is InChI=1S/C13H15N3O3/c1-13(6-3-7-19-13)9-15-11-5-2-4-10(8-14)12(11)16(17)18/h2,4-5,15H,3,6-7,9H2,1H3. The second-order valence-corrected chi connectivity index (χ2v) is 4.83. The number of nitriles is 1. The summed E-state index contributed by atoms with van der Waals surface area (Å²) in [5.41, 5.74) is -0.0452. The van der Waals surface area contributed by atoms with E-state index < -0.39 is 4.92 Å². The molecule has 1 aromatic carbocycles. The van der Waals surface area contributed by atoms with Crippen LogP contribution in [0.25, 0.3) is 0 Å². The van der Waals surface area contributed by atoms with Crippen LogP contribution in [0.1, 0.15) is 25.3 Å². The van der Waals surface area contributed by atoms with E-state index in [1.165, 1.54) is 6.07 Å². The number of ether oxygens (including phenoxy) is 1. The van der Waals surface area contributed by atoms with Gasteiger partial charge in [-0.3, -0.25) is 10.1 Å². The Morgan fingerprint density at radius 3 is 3.00 bits per heavy atom. The molecule has 1 saturated heterocycles. The Morgan fingerprint density at radius 2 is 2.42 bits per heavy atom. The molecule has 0 saturated carbocycles. The van der Waals surface area contributed by atoms with Crippen molar-refractivity contribution in [3.8, 4) is 6.07 Å². The molecule has 1 atom stereocenters. The molecule has 6 nitrogen and oxygen atoms in total. The van der Waals surface area contributed by atoms with Gasteiger partial charge in [0.15, 0.2) is 0 Å². The quantitative estimate of drug-likeness (QED) is 0.664. The van der Waals surface area contributed by atoms with E-state index in [0.717, 1.165) is 19.4 Å². The highest BCUT2D eigenvalue weighted by molar-refractivity contribution is 5.68. The number of hydrogen-bond donors (Lipinski definition) is 1. The zero-order chi connectivity index (χ0) is 13.9. The largest absolute Gasteiger partial charge is 0.377 e. The smallest absolute Gasteiger partial charge is 0.309 e. The van der Waals surface area contributed by atoms with Crippen molar-refractivity contribution in [3.05, 3.63) is 33.9 Å². The first-order valence-electron chi connectivity index (χ1n) is 6.11. The number of nitro benzene ring substituents is 1. The zero-order valence-corrected chi connectivity index (χ0v) is 10.7. The number of nitrogens with zero attached hydrogens (tertiary/aromatic N) is 2. The summed E-state index contributed by atoms with van der Waals surface area (Å²) >= 11 is 0. The van der Waals surface area contributed by atoms with Gasteiger partial charge in [0.25, 0.3) is 0 Å². The Morgan fingerprint density at radius 1 is 1.63 bits per heavy atom. The van der Waals surface area contributed by atoms with Crippen molar-refractivity contribution in [1.29, 1.82) is 5.26 Å². The fourth-order valence-electron chi connectivity index (χ4n) is 2.23. The van der Waals surface area contributed by atoms with Crippen molar-refractivity contribution in [2.75, 3.05) is 18.5 Å². The molecule has 1 unspecified atom stereocenters. The van der Waals surface area contributed by atoms with E-state index in [1.54, 1.807) is 12.1 Å². The van der Waals surface area contributed by atoms with Crippen LogP contribution in [-0.2, 0) is 4.74 Å². The van der Waals surface area contributed by atoms with Gasteiger partial charge in [0, 0.05) is 13.2 Å². The maximum Gasteiger partial charge on any atom is 0.309 e. The number of hydrogen-bond acceptors (Lipinski definition) is 5. The second kappa shape index (κ2) is 5.24. The summed E-state index contributed by atoms with van der Waals surface area (Å²) in [6.45, 7) is 3.19. The second-order valence-electron chi connectivity index (χ2n) is 4.83. The van der Waals surface area contributed by atoms with Gasteiger partial charge < -0.3 is 10.1 Å². The maximum atomic E-state index is 11.1. The summed E-state index contributed by atoms with van der Waals surface area (Å²) in [6.07, 6.45) is 1.92. The normalized spacial score (nSPS) is 21.9. The van der Waals surface area contributed by atoms with Crippen LogP contribution in [0.15, 0.2) is 18.2 Å². The fraction of sp³-hybridized carbons (Fsp3) is 0.462. The van der Waals surface area contributed by atoms with Gasteiger partial charge in [-0.1, -0.05) is 6.07 Å². The van der Waals surface area contributed by atoms with Crippen LogP contribution in [0.2, 0.25) is 0 Å². The van der Waals surface area contributed by atoms with Crippen molar-refractivity contribution >= 4 is 11.4 Å². The number of para-hydroxylation sites is 1. The molecule has 0 bridgehead atoms. The predicted octanol–water partition coefficient (Wildman–Crippen LogP) is 2.45. The van der Waals surface area contributed by atoms with Crippen molar-refractivity contribution in [3.63, 3.8) is 0 Å². The number of rotatable bonds is 4. The van der Waals surface area contributed by atoms with Crippen LogP contribution in [0, 0.1) is 21.4 Å². The molecular weight excluding hydrogens is 246 g/mol. The Bertz CT molecular complexity index is 530. The fourth-order valence-corrected chi connectivity index (χ4v) is 2.23. The van der Waals surface area contributed by atoms with E-state index in [-0.39, 0.29) is 16.9 Å². The van der Waals surface area contributed by atoms with Gasteiger partial charge >= 0.3 is 5.69 Å². The summed E-state index contributed by atoms with van der Waals surface area (Å²) in [7, 11) is 0. The van der Waals surface area contributed by atoms with Crippen molar-refractivity contribution < 1.29 is 9.66 Å². The van der Waals surface area contributed by atoms with Gasteiger partial charge in [0.2, 0.25) is 0 Å². The van der Waals surface area contributed by atoms with Crippen LogP contribution in [-0.4, -0.2) is 23.7 Å². The number of nitrogens with one attached hydrogen (secondary N) is 1. The molecule has 1 aliphatic heterocycles. The molecule has 0 radical (unpaired) electrons. The van der Waals surface area contributed by atoms with Gasteiger partial charge in [-0.15, -0.1) is 0 Å². The first kappa shape index (κ1) is 13.3. The average molecular weight is 261 g/mol. The highest BCUT2D eigenvalue weighted by Gasteiger charge is 2.30. The van der Waals surface area contributed by atoms with Crippen LogP contribution in [0.5, 0.6) is 0 Å². The molecule has 2 rings (SSSR count). The first-order valence-corrected chi connectivity index (χ1v) is 6.11. The summed E-state index contributed by atoms with van der Waals surface area (Å²) in [6, 6.07) is 6.52. The first-order chi connectivity index (χ1) is 9.06. The summed E-state index contributed by atoms with van der Waals surface area (Å²) in [5, 5.41) is 23.0. The minimum absolute atomic E-state index is 0.0625. The van der Waals surface area contributed by atoms with E-state index in [1.807, 2.05) is 13.0 Å². The van der Waals surface area contributed by atoms with Gasteiger partial charge in [0.1, 0.15) is 17.3 Å². The van der Waals surface area contributed by atoms with Gasteiger partial charge in [-0.2, -0.15) is 5.26 Å². The Hall–Kier alpha value is -2.13. The van der Waals surface area contributed by atoms with Crippen molar-refractivity contribution in [1.82, 2.24) is 0 Å². The number of benzene rings is 1. The molecule has 0 spiro atoms. The Balaban J connectivity index is 2.21. The average Bonchev–Trinajstić information content (AvgIpc) is 2.83. The van der Waals surface area contributed by atoms with Crippen molar-refractivity contribution in [2.45, 2.75) is 25.4 Å². The Labute approximate surface area is 111 Å². The minimum Gasteiger partial charge on any atom is -0.377 e. The summed E-state index contributed by atoms with van der Waals surface area (Å²) in [5.74, 6) is 0. The van der Waals surface area contributed by atoms with Crippen LogP contribution < -0.4 is 5.32 Å². The minimum atomic E-state index is -0.529. The lowest BCUT2D eigenvalue weighted by Gasteiger charge is -2.23. The third-order valence-corrected chi connectivity index (χ3v) is 3.29. The molecule has 0 aromatic heterocycles. The van der Waals surface area contributed by atoms with E-state index in [0.29, 0.717) is 12.2 Å². The van der Waals surface area contributed by atoms with Gasteiger partial charge in [0.05, 0.1) is 10.5 Å². The van der Waals surface area contributed by atoms with Crippen LogP contribution in [0.3, 0.4) is 0 Å². The summed E-state index contributed by atoms with van der Waals surface area (Å²) in [4.78, 5) is 10.5. The van der Waals surface area contributed by atoms with Crippen molar-refractivity contribution in [2.24, 2.45) is 0 Å². The number of anilines is 1. The molecule has 0 aliphatic carbocycles. The highest BCUT2D eigenvalue weighted by atomic mass is 16.6. The van der Waals surface area contributed by atoms with Gasteiger partial charge in [-0.05, 0) is 31.9 Å². The molecule has 6 heteroatoms. The molecule has 1 heterocycles. The molecule has 100 valence electrons. The zero-order valence-electron chi connectivity index (χ0n) is 10.7. The molecule has 1 aliphatic rings. The predicted molar refractivity (Wildman–Crippen MR) is 69.9 cm³/mol. The lowest BCUT2D eigenvalue weighted by molar-refractivity contribution is -0.384. The molecule has 1 aromatic rings. The molecule has 1 N–H and O–H groups in total. The molecule has 19 heavy (non-hydrogen) atoms. The monoisotopic (exact) mass is 261 g/mol. The van der Waals surface area contributed by atoms with E-state index >= 15 is 0 Å². The topological polar surface area (TPSA) is 88.2 Å². The van der Waals surface area contributed by atoms with Crippen LogP contribution in [0.4, 0.5) is 11.4 Å². The SMILES string of the molecule is CC1(CNc2cccc(C#N)c2[N+](=O)[O-])CCCO1. The Kier molecular flexibility index (Phi) is 3.67. The molecule has 1 fully saturated rings. The third kappa shape index (κ3) is 2.83. The highest BCUT2D eigenvalue weighted by Crippen LogP contribution is 2.30. The van der Waals surface area contributed by atoms with E-state index in [9.17, 15) is 10.1 Å². The maximum absolute atomic E-state index is 11.1. The number of nitro groups is 1. The molecular formula is C13H15N3O3. The van der Waals surface area contributed by atoms with Gasteiger partial charge in [-0.25, -0.2) is 0 Å². The van der Waals surface area contributed by atoms with Crippen LogP contribution >= 0.6 is 0 Å². The lowest BCUT2D eigenvalue weighted by Crippen LogP contribution is -2.32.